The number of carbonyl (C=O) groups is 2. The monoisotopic (exact) mass is 414 g/mol. The molecule has 1 heterocycles. The van der Waals surface area contributed by atoms with E-state index in [1.54, 1.807) is 23.9 Å². The zero-order valence-corrected chi connectivity index (χ0v) is 17.9. The maximum atomic E-state index is 12.7. The van der Waals surface area contributed by atoms with Crippen LogP contribution in [-0.2, 0) is 35.6 Å². The van der Waals surface area contributed by atoms with Gasteiger partial charge < -0.3 is 9.64 Å². The van der Waals surface area contributed by atoms with Crippen LogP contribution >= 0.6 is 0 Å². The van der Waals surface area contributed by atoms with E-state index in [9.17, 15) is 9.59 Å². The van der Waals surface area contributed by atoms with Crippen molar-refractivity contribution in [3.05, 3.63) is 95.1 Å². The second-order valence-corrected chi connectivity index (χ2v) is 8.01. The van der Waals surface area contributed by atoms with Crippen LogP contribution in [0, 0.1) is 0 Å². The van der Waals surface area contributed by atoms with E-state index in [4.69, 9.17) is 4.74 Å². The molecule has 0 saturated carbocycles. The lowest BCUT2D eigenvalue weighted by Gasteiger charge is -2.15. The lowest BCUT2D eigenvalue weighted by molar-refractivity contribution is -0.127. The minimum Gasteiger partial charge on any atom is -0.445 e. The molecule has 0 bridgehead atoms. The molecule has 0 fully saturated rings. The molecule has 4 rings (SSSR count). The molecular weight excluding hydrogens is 388 g/mol. The summed E-state index contributed by atoms with van der Waals surface area (Å²) in [6, 6.07) is 23.9. The fraction of sp³-hybridized carbons (Fsp3) is 0.231. The molecule has 0 aliphatic carbocycles. The van der Waals surface area contributed by atoms with Crippen molar-refractivity contribution >= 4 is 12.0 Å². The maximum absolute atomic E-state index is 12.7. The Bertz CT molecular complexity index is 1080. The van der Waals surface area contributed by atoms with Crippen LogP contribution in [0.3, 0.4) is 0 Å². The van der Waals surface area contributed by atoms with Crippen molar-refractivity contribution in [2.75, 3.05) is 14.1 Å². The minimum atomic E-state index is -0.329. The molecule has 0 aromatic heterocycles. The van der Waals surface area contributed by atoms with Crippen LogP contribution in [0.5, 0.6) is 0 Å². The summed E-state index contributed by atoms with van der Waals surface area (Å²) in [6.45, 7) is 1.22. The number of nitrogens with zero attached hydrogens (tertiary/aromatic N) is 2. The van der Waals surface area contributed by atoms with Crippen LogP contribution in [-0.4, -0.2) is 35.9 Å². The van der Waals surface area contributed by atoms with Crippen molar-refractivity contribution in [2.24, 2.45) is 0 Å². The van der Waals surface area contributed by atoms with Gasteiger partial charge in [0.1, 0.15) is 6.61 Å². The molecule has 31 heavy (non-hydrogen) atoms. The van der Waals surface area contributed by atoms with E-state index >= 15 is 0 Å². The van der Waals surface area contributed by atoms with E-state index in [2.05, 4.69) is 18.2 Å². The van der Waals surface area contributed by atoms with Crippen LogP contribution in [0.15, 0.2) is 72.8 Å². The summed E-state index contributed by atoms with van der Waals surface area (Å²) in [5.41, 5.74) is 6.25. The molecule has 2 amide bonds. The third kappa shape index (κ3) is 4.77. The summed E-state index contributed by atoms with van der Waals surface area (Å²) in [4.78, 5) is 28.3. The number of likely N-dealkylation sites (N-methyl/N-ethyl adjacent to an activating group) is 1. The number of ether oxygens (including phenoxy) is 1. The van der Waals surface area contributed by atoms with Crippen LogP contribution < -0.4 is 0 Å². The van der Waals surface area contributed by atoms with Crippen molar-refractivity contribution in [1.29, 1.82) is 0 Å². The molecule has 1 aliphatic rings. The second kappa shape index (κ2) is 9.04. The highest BCUT2D eigenvalue weighted by molar-refractivity contribution is 5.80. The van der Waals surface area contributed by atoms with Gasteiger partial charge in [0.2, 0.25) is 5.91 Å². The number of hydrogen-bond donors (Lipinski definition) is 0. The van der Waals surface area contributed by atoms with Crippen molar-refractivity contribution in [3.8, 4) is 11.1 Å². The fourth-order valence-electron chi connectivity index (χ4n) is 3.83. The number of rotatable bonds is 5. The van der Waals surface area contributed by atoms with E-state index in [0.717, 1.165) is 33.4 Å². The Morgan fingerprint density at radius 2 is 1.58 bits per heavy atom. The lowest BCUT2D eigenvalue weighted by atomic mass is 9.93. The SMILES string of the molecule is CN(C)C(=O)Cc1cc2c(c(-c3ccccc3)c1)CN(C(=O)OCc1ccccc1)C2. The van der Waals surface area contributed by atoms with E-state index in [1.165, 1.54) is 0 Å². The molecular formula is C26H26N2O3. The molecule has 0 N–H and O–H groups in total. The van der Waals surface area contributed by atoms with Crippen molar-refractivity contribution < 1.29 is 14.3 Å². The van der Waals surface area contributed by atoms with Gasteiger partial charge in [-0.1, -0.05) is 72.8 Å². The Balaban J connectivity index is 1.57. The summed E-state index contributed by atoms with van der Waals surface area (Å²) in [6.07, 6.45) is 0.00319. The van der Waals surface area contributed by atoms with E-state index < -0.39 is 0 Å². The average Bonchev–Trinajstić information content (AvgIpc) is 3.22. The lowest BCUT2D eigenvalue weighted by Crippen LogP contribution is -2.26. The Hall–Kier alpha value is -3.60. The van der Waals surface area contributed by atoms with E-state index in [-0.39, 0.29) is 18.6 Å². The summed E-state index contributed by atoms with van der Waals surface area (Å²) in [5.74, 6) is 0.0519. The smallest absolute Gasteiger partial charge is 0.410 e. The van der Waals surface area contributed by atoms with Gasteiger partial charge in [-0.05, 0) is 33.4 Å². The number of carbonyl (C=O) groups excluding carboxylic acids is 2. The molecule has 0 atom stereocenters. The Labute approximate surface area is 182 Å². The van der Waals surface area contributed by atoms with Crippen LogP contribution in [0.25, 0.3) is 11.1 Å². The Kier molecular flexibility index (Phi) is 6.03. The molecule has 5 heteroatoms. The molecule has 5 nitrogen and oxygen atoms in total. The fourth-order valence-corrected chi connectivity index (χ4v) is 3.83. The number of benzene rings is 3. The van der Waals surface area contributed by atoms with E-state index in [0.29, 0.717) is 19.5 Å². The normalized spacial score (nSPS) is 12.4. The standard InChI is InChI=1S/C26H26N2O3/c1-27(2)25(29)15-20-13-22-16-28(26(30)31-18-19-9-5-3-6-10-19)17-24(22)23(14-20)21-11-7-4-8-12-21/h3-14H,15-18H2,1-2H3. The first kappa shape index (κ1) is 20.7. The minimum absolute atomic E-state index is 0.0519. The van der Waals surface area contributed by atoms with Gasteiger partial charge >= 0.3 is 6.09 Å². The van der Waals surface area contributed by atoms with Gasteiger partial charge in [0.25, 0.3) is 0 Å². The van der Waals surface area contributed by atoms with Crippen molar-refractivity contribution in [3.63, 3.8) is 0 Å². The van der Waals surface area contributed by atoms with E-state index in [1.807, 2.05) is 54.6 Å². The van der Waals surface area contributed by atoms with Gasteiger partial charge in [0, 0.05) is 20.6 Å². The first-order valence-corrected chi connectivity index (χ1v) is 10.4. The quantitative estimate of drug-likeness (QED) is 0.611. The highest BCUT2D eigenvalue weighted by Crippen LogP contribution is 2.34. The Morgan fingerprint density at radius 1 is 0.903 bits per heavy atom. The topological polar surface area (TPSA) is 49.9 Å². The van der Waals surface area contributed by atoms with Gasteiger partial charge in [-0.3, -0.25) is 9.69 Å². The molecule has 0 saturated heterocycles. The highest BCUT2D eigenvalue weighted by Gasteiger charge is 2.28. The summed E-state index contributed by atoms with van der Waals surface area (Å²) >= 11 is 0. The second-order valence-electron chi connectivity index (χ2n) is 8.01. The number of amides is 2. The van der Waals surface area contributed by atoms with Gasteiger partial charge in [-0.25, -0.2) is 4.79 Å². The van der Waals surface area contributed by atoms with Gasteiger partial charge in [-0.2, -0.15) is 0 Å². The molecule has 1 aliphatic heterocycles. The number of fused-ring (bicyclic) bond motifs is 1. The highest BCUT2D eigenvalue weighted by atomic mass is 16.6. The predicted molar refractivity (Wildman–Crippen MR) is 120 cm³/mol. The zero-order valence-electron chi connectivity index (χ0n) is 17.9. The van der Waals surface area contributed by atoms with Gasteiger partial charge in [0.15, 0.2) is 0 Å². The summed E-state index contributed by atoms with van der Waals surface area (Å²) in [7, 11) is 3.52. The third-order valence-corrected chi connectivity index (χ3v) is 5.51. The summed E-state index contributed by atoms with van der Waals surface area (Å²) < 4.78 is 5.54. The maximum Gasteiger partial charge on any atom is 0.410 e. The molecule has 0 unspecified atom stereocenters. The van der Waals surface area contributed by atoms with Crippen LogP contribution in [0.1, 0.15) is 22.3 Å². The molecule has 0 spiro atoms. The summed E-state index contributed by atoms with van der Waals surface area (Å²) in [5, 5.41) is 0. The van der Waals surface area contributed by atoms with Crippen LogP contribution in [0.2, 0.25) is 0 Å². The van der Waals surface area contributed by atoms with Crippen LogP contribution in [0.4, 0.5) is 4.79 Å². The third-order valence-electron chi connectivity index (χ3n) is 5.51. The number of hydrogen-bond acceptors (Lipinski definition) is 3. The average molecular weight is 415 g/mol. The zero-order chi connectivity index (χ0) is 21.8. The van der Waals surface area contributed by atoms with Gasteiger partial charge in [-0.15, -0.1) is 0 Å². The molecule has 3 aromatic carbocycles. The first-order valence-electron chi connectivity index (χ1n) is 10.4. The van der Waals surface area contributed by atoms with Crippen molar-refractivity contribution in [1.82, 2.24) is 9.80 Å². The van der Waals surface area contributed by atoms with Crippen molar-refractivity contribution in [2.45, 2.75) is 26.1 Å². The van der Waals surface area contributed by atoms with Gasteiger partial charge in [0.05, 0.1) is 13.0 Å². The first-order chi connectivity index (χ1) is 15.0. The predicted octanol–water partition coefficient (Wildman–Crippen LogP) is 4.64. The molecule has 158 valence electrons. The Morgan fingerprint density at radius 3 is 2.26 bits per heavy atom. The molecule has 0 radical (unpaired) electrons. The largest absolute Gasteiger partial charge is 0.445 e. The molecule has 3 aromatic rings.